The summed E-state index contributed by atoms with van der Waals surface area (Å²) in [4.78, 5) is 18.3. The van der Waals surface area contributed by atoms with Gasteiger partial charge in [-0.3, -0.25) is 0 Å². The van der Waals surface area contributed by atoms with Crippen LogP contribution >= 0.6 is 0 Å². The number of carboxylic acid groups (broad SMARTS) is 2. The molecule has 0 bridgehead atoms. The van der Waals surface area contributed by atoms with Gasteiger partial charge in [0.05, 0.1) is 11.9 Å². The zero-order valence-corrected chi connectivity index (χ0v) is 9.34. The molecule has 4 N–H and O–H groups in total. The van der Waals surface area contributed by atoms with Crippen molar-refractivity contribution < 1.29 is 65.0 Å². The van der Waals surface area contributed by atoms with Gasteiger partial charge >= 0.3 is 0 Å². The van der Waals surface area contributed by atoms with Crippen LogP contribution in [0.1, 0.15) is 0 Å². The summed E-state index contributed by atoms with van der Waals surface area (Å²) < 4.78 is 0. The molecule has 9 heteroatoms. The Morgan fingerprint density at radius 1 is 0.923 bits per heavy atom. The molecule has 86 valence electrons. The molecule has 0 amide bonds. The Kier molecular flexibility index (Phi) is 51.1. The number of carbonyl (C=O) groups excluding carboxylic acids is 2. The molecule has 0 radical (unpaired) electrons. The van der Waals surface area contributed by atoms with E-state index < -0.39 is 11.9 Å². The van der Waals surface area contributed by atoms with E-state index in [1.807, 2.05) is 0 Å². The van der Waals surface area contributed by atoms with Crippen molar-refractivity contribution in [2.75, 3.05) is 13.1 Å². The Morgan fingerprint density at radius 2 is 1.00 bits per heavy atom. The molecule has 0 atom stereocenters. The summed E-state index contributed by atoms with van der Waals surface area (Å²) in [7, 11) is 0. The van der Waals surface area contributed by atoms with Crippen LogP contribution in [0.3, 0.4) is 0 Å². The van der Waals surface area contributed by atoms with Gasteiger partial charge in [-0.2, -0.15) is 0 Å². The van der Waals surface area contributed by atoms with Crippen molar-refractivity contribution in [1.29, 1.82) is 0 Å². The maximum Gasteiger partial charge on any atom is 0.0550 e. The van der Waals surface area contributed by atoms with Crippen LogP contribution in [-0.2, 0) is 30.0 Å². The Labute approximate surface area is 102 Å². The second-order valence-electron chi connectivity index (χ2n) is 1.15. The minimum absolute atomic E-state index is 0. The van der Waals surface area contributed by atoms with Gasteiger partial charge in [-0.15, -0.1) is 0 Å². The molecule has 0 aromatic rings. The van der Waals surface area contributed by atoms with Crippen LogP contribution in [0.15, 0.2) is 0 Å². The summed E-state index contributed by atoms with van der Waals surface area (Å²) in [5, 5.41) is 18.3. The molecule has 0 rings (SSSR count). The second kappa shape index (κ2) is 22.7. The molecule has 0 heterocycles. The molecular formula is C4H8Cl2N2O4Pd-4. The van der Waals surface area contributed by atoms with Crippen LogP contribution in [0, 0.1) is 0 Å². The molecule has 0 aliphatic carbocycles. The number of carboxylic acids is 2. The summed E-state index contributed by atoms with van der Waals surface area (Å²) in [6, 6.07) is 0. The van der Waals surface area contributed by atoms with Crippen molar-refractivity contribution in [3.63, 3.8) is 0 Å². The van der Waals surface area contributed by atoms with E-state index >= 15 is 0 Å². The van der Waals surface area contributed by atoms with Gasteiger partial charge in [-0.1, -0.05) is 0 Å². The molecule has 0 spiro atoms. The largest absolute Gasteiger partial charge is 1.00 e. The number of rotatable bonds is 2. The van der Waals surface area contributed by atoms with Gasteiger partial charge in [-0.25, -0.2) is 0 Å². The van der Waals surface area contributed by atoms with Crippen LogP contribution in [0.25, 0.3) is 0 Å². The van der Waals surface area contributed by atoms with Gasteiger partial charge in [0.1, 0.15) is 0 Å². The van der Waals surface area contributed by atoms with Crippen molar-refractivity contribution in [3.8, 4) is 0 Å². The fourth-order valence-corrected chi connectivity index (χ4v) is 0. The van der Waals surface area contributed by atoms with Gasteiger partial charge in [0, 0.05) is 33.5 Å². The molecule has 13 heavy (non-hydrogen) atoms. The quantitative estimate of drug-likeness (QED) is 0.485. The molecule has 0 aromatic heterocycles. The SMILES string of the molecule is NCC(=O)[O-].NCC(=O)[O-].[Cl-].[Cl-].[Pd]. The molecule has 0 saturated heterocycles. The third kappa shape index (κ3) is 73.4. The number of aliphatic carboxylic acids is 2. The Hall–Kier alpha value is 0.102. The van der Waals surface area contributed by atoms with Gasteiger partial charge in [0.15, 0.2) is 0 Å². The summed E-state index contributed by atoms with van der Waals surface area (Å²) in [5.74, 6) is -2.44. The van der Waals surface area contributed by atoms with Crippen molar-refractivity contribution in [3.05, 3.63) is 0 Å². The average molecular weight is 325 g/mol. The normalized spacial score (nSPS) is 5.69. The zero-order valence-electron chi connectivity index (χ0n) is 6.27. The smallest absolute Gasteiger partial charge is 0.0550 e. The van der Waals surface area contributed by atoms with E-state index in [0.29, 0.717) is 0 Å². The number of hydrogen-bond acceptors (Lipinski definition) is 6. The van der Waals surface area contributed by atoms with Gasteiger partial charge in [0.2, 0.25) is 0 Å². The number of carbonyl (C=O) groups is 2. The number of hydrogen-bond donors (Lipinski definition) is 2. The van der Waals surface area contributed by atoms with Crippen LogP contribution < -0.4 is 46.5 Å². The molecule has 0 aliphatic heterocycles. The third-order valence-corrected chi connectivity index (χ3v) is 0.333. The van der Waals surface area contributed by atoms with Crippen molar-refractivity contribution in [1.82, 2.24) is 0 Å². The van der Waals surface area contributed by atoms with Gasteiger partial charge in [-0.05, 0) is 0 Å². The first-order valence-corrected chi connectivity index (χ1v) is 2.34. The Bertz CT molecular complexity index is 113. The second-order valence-corrected chi connectivity index (χ2v) is 1.15. The average Bonchev–Trinajstić information content (AvgIpc) is 1.89. The predicted octanol–water partition coefficient (Wildman–Crippen LogP) is -10.6. The van der Waals surface area contributed by atoms with Crippen LogP contribution in [0.5, 0.6) is 0 Å². The first-order chi connectivity index (χ1) is 4.54. The Balaban J connectivity index is -0.0000000267. The molecule has 0 aliphatic rings. The fourth-order valence-electron chi connectivity index (χ4n) is 0. The summed E-state index contributed by atoms with van der Waals surface area (Å²) in [6.45, 7) is -0.778. The first kappa shape index (κ1) is 29.2. The molecule has 0 aromatic carbocycles. The summed E-state index contributed by atoms with van der Waals surface area (Å²) in [5.41, 5.74) is 9.02. The molecule has 0 unspecified atom stereocenters. The molecule has 0 saturated carbocycles. The first-order valence-electron chi connectivity index (χ1n) is 2.34. The van der Waals surface area contributed by atoms with E-state index in [1.54, 1.807) is 0 Å². The number of halogens is 2. The molecule has 0 fully saturated rings. The van der Waals surface area contributed by atoms with Crippen LogP contribution in [0.4, 0.5) is 0 Å². The number of nitrogens with two attached hydrogens (primary N) is 2. The van der Waals surface area contributed by atoms with E-state index in [4.69, 9.17) is 19.8 Å². The topological polar surface area (TPSA) is 132 Å². The summed E-state index contributed by atoms with van der Waals surface area (Å²) in [6.07, 6.45) is 0. The van der Waals surface area contributed by atoms with E-state index in [1.165, 1.54) is 0 Å². The third-order valence-electron chi connectivity index (χ3n) is 0.333. The standard InChI is InChI=1S/2C2H5NO2.2ClH.Pd/c2*3-1-2(4)5;;;/h2*1,3H2,(H,4,5);2*1H;/p-4. The van der Waals surface area contributed by atoms with Crippen LogP contribution in [-0.4, -0.2) is 25.0 Å². The van der Waals surface area contributed by atoms with Gasteiger partial charge < -0.3 is 56.1 Å². The Morgan fingerprint density at radius 3 is 1.00 bits per heavy atom. The van der Waals surface area contributed by atoms with E-state index in [-0.39, 0.29) is 58.3 Å². The monoisotopic (exact) mass is 324 g/mol. The van der Waals surface area contributed by atoms with E-state index in [9.17, 15) is 0 Å². The van der Waals surface area contributed by atoms with Gasteiger partial charge in [0.25, 0.3) is 0 Å². The van der Waals surface area contributed by atoms with Crippen molar-refractivity contribution in [2.45, 2.75) is 0 Å². The van der Waals surface area contributed by atoms with Crippen LogP contribution in [0.2, 0.25) is 0 Å². The maximum absolute atomic E-state index is 9.13. The van der Waals surface area contributed by atoms with Crippen molar-refractivity contribution in [2.24, 2.45) is 11.5 Å². The minimum Gasteiger partial charge on any atom is -1.00 e. The maximum atomic E-state index is 9.13. The zero-order chi connectivity index (χ0) is 8.57. The minimum atomic E-state index is -1.22. The molecule has 6 nitrogen and oxygen atoms in total. The summed E-state index contributed by atoms with van der Waals surface area (Å²) >= 11 is 0. The van der Waals surface area contributed by atoms with E-state index in [0.717, 1.165) is 0 Å². The van der Waals surface area contributed by atoms with E-state index in [2.05, 4.69) is 11.5 Å². The molecular weight excluding hydrogens is 317 g/mol. The predicted molar refractivity (Wildman–Crippen MR) is 28.1 cm³/mol. The fraction of sp³-hybridized carbons (Fsp3) is 0.500. The van der Waals surface area contributed by atoms with Crippen molar-refractivity contribution >= 4 is 11.9 Å².